The van der Waals surface area contributed by atoms with Crippen LogP contribution in [0, 0.1) is 10.1 Å². The highest BCUT2D eigenvalue weighted by molar-refractivity contribution is 6.42. The molecule has 8 nitrogen and oxygen atoms in total. The zero-order valence-electron chi connectivity index (χ0n) is 14.9. The van der Waals surface area contributed by atoms with Crippen molar-refractivity contribution < 1.29 is 18.9 Å². The minimum atomic E-state index is -0.507. The summed E-state index contributed by atoms with van der Waals surface area (Å²) >= 11 is 11.7. The van der Waals surface area contributed by atoms with Crippen LogP contribution in [0.25, 0.3) is 11.3 Å². The molecule has 29 heavy (non-hydrogen) atoms. The monoisotopic (exact) mass is 433 g/mol. The number of nitro benzene ring substituents is 1. The Balaban J connectivity index is 1.75. The molecule has 0 aliphatic heterocycles. The van der Waals surface area contributed by atoms with E-state index in [4.69, 9.17) is 32.4 Å². The molecule has 2 aromatic carbocycles. The number of ether oxygens (including phenoxy) is 1. The Bertz CT molecular complexity index is 1110. The first-order chi connectivity index (χ1) is 13.9. The van der Waals surface area contributed by atoms with Crippen molar-refractivity contribution in [2.24, 2.45) is 5.10 Å². The number of rotatable bonds is 6. The molecule has 0 aliphatic carbocycles. The lowest BCUT2D eigenvalue weighted by molar-refractivity contribution is -0.384. The molecule has 0 atom stereocenters. The van der Waals surface area contributed by atoms with Crippen LogP contribution in [-0.4, -0.2) is 24.2 Å². The highest BCUT2D eigenvalue weighted by Gasteiger charge is 2.15. The summed E-state index contributed by atoms with van der Waals surface area (Å²) in [5, 5.41) is 15.4. The number of halogens is 2. The van der Waals surface area contributed by atoms with Crippen molar-refractivity contribution in [3.63, 3.8) is 0 Å². The Morgan fingerprint density at radius 3 is 2.66 bits per heavy atom. The number of nitrogens with zero attached hydrogens (tertiary/aromatic N) is 2. The fraction of sp³-hybridized carbons (Fsp3) is 0.0526. The second kappa shape index (κ2) is 8.76. The van der Waals surface area contributed by atoms with Gasteiger partial charge in [0.2, 0.25) is 0 Å². The number of nitro groups is 1. The van der Waals surface area contributed by atoms with Crippen LogP contribution in [0.4, 0.5) is 5.69 Å². The Morgan fingerprint density at radius 2 is 1.97 bits per heavy atom. The van der Waals surface area contributed by atoms with E-state index in [1.807, 2.05) is 0 Å². The van der Waals surface area contributed by atoms with E-state index in [0.29, 0.717) is 27.9 Å². The molecule has 1 heterocycles. The second-order valence-electron chi connectivity index (χ2n) is 5.67. The fourth-order valence-corrected chi connectivity index (χ4v) is 2.72. The molecule has 0 saturated carbocycles. The lowest BCUT2D eigenvalue weighted by atomic mass is 10.1. The number of carbonyl (C=O) groups is 1. The van der Waals surface area contributed by atoms with Crippen molar-refractivity contribution in [3.05, 3.63) is 80.0 Å². The van der Waals surface area contributed by atoms with E-state index in [2.05, 4.69) is 10.5 Å². The number of methoxy groups -OCH3 is 1. The van der Waals surface area contributed by atoms with Crippen LogP contribution in [0.5, 0.6) is 5.75 Å². The second-order valence-corrected chi connectivity index (χ2v) is 6.49. The van der Waals surface area contributed by atoms with Crippen LogP contribution >= 0.6 is 23.2 Å². The molecule has 1 amide bonds. The van der Waals surface area contributed by atoms with Crippen molar-refractivity contribution in [1.29, 1.82) is 0 Å². The van der Waals surface area contributed by atoms with E-state index in [9.17, 15) is 14.9 Å². The van der Waals surface area contributed by atoms with Gasteiger partial charge in [0.05, 0.1) is 33.9 Å². The van der Waals surface area contributed by atoms with Gasteiger partial charge in [0.25, 0.3) is 11.6 Å². The highest BCUT2D eigenvalue weighted by atomic mass is 35.5. The summed E-state index contributed by atoms with van der Waals surface area (Å²) < 4.78 is 10.9. The first-order valence-corrected chi connectivity index (χ1v) is 8.85. The van der Waals surface area contributed by atoms with Crippen LogP contribution in [0.15, 0.2) is 58.0 Å². The number of hydrazone groups is 1. The Morgan fingerprint density at radius 1 is 1.17 bits per heavy atom. The molecule has 1 N–H and O–H groups in total. The van der Waals surface area contributed by atoms with E-state index < -0.39 is 10.8 Å². The lowest BCUT2D eigenvalue weighted by Crippen LogP contribution is -2.17. The minimum Gasteiger partial charge on any atom is -0.496 e. The first kappa shape index (κ1) is 20.4. The van der Waals surface area contributed by atoms with Crippen molar-refractivity contribution >= 4 is 41.0 Å². The van der Waals surface area contributed by atoms with Gasteiger partial charge in [-0.05, 0) is 36.4 Å². The van der Waals surface area contributed by atoms with E-state index in [-0.39, 0.29) is 16.3 Å². The molecular weight excluding hydrogens is 421 g/mol. The molecule has 0 spiro atoms. The molecule has 1 aromatic heterocycles. The van der Waals surface area contributed by atoms with Crippen LogP contribution in [0.2, 0.25) is 10.0 Å². The zero-order chi connectivity index (χ0) is 21.0. The summed E-state index contributed by atoms with van der Waals surface area (Å²) in [6.45, 7) is 0. The van der Waals surface area contributed by atoms with Gasteiger partial charge >= 0.3 is 0 Å². The largest absolute Gasteiger partial charge is 0.496 e. The average Bonchev–Trinajstić information content (AvgIpc) is 3.18. The minimum absolute atomic E-state index is 0.0960. The third-order valence-electron chi connectivity index (χ3n) is 3.83. The molecule has 3 aromatic rings. The Hall–Kier alpha value is -3.36. The van der Waals surface area contributed by atoms with E-state index in [0.717, 1.165) is 0 Å². The molecule has 0 unspecified atom stereocenters. The summed E-state index contributed by atoms with van der Waals surface area (Å²) in [6.07, 6.45) is 1.29. The molecular formula is C19H13Cl2N3O5. The van der Waals surface area contributed by atoms with Gasteiger partial charge in [-0.1, -0.05) is 23.2 Å². The van der Waals surface area contributed by atoms with Crippen LogP contribution in [-0.2, 0) is 0 Å². The van der Waals surface area contributed by atoms with Crippen LogP contribution in [0.1, 0.15) is 16.1 Å². The summed E-state index contributed by atoms with van der Waals surface area (Å²) in [4.78, 5) is 22.6. The molecule has 148 valence electrons. The van der Waals surface area contributed by atoms with Gasteiger partial charge in [-0.25, -0.2) is 5.43 Å². The van der Waals surface area contributed by atoms with Gasteiger partial charge in [-0.15, -0.1) is 0 Å². The Labute approximate surface area is 174 Å². The number of furan rings is 1. The maximum atomic E-state index is 12.1. The van der Waals surface area contributed by atoms with Crippen LogP contribution < -0.4 is 10.2 Å². The quantitative estimate of drug-likeness (QED) is 0.336. The maximum absolute atomic E-state index is 12.1. The zero-order valence-corrected chi connectivity index (χ0v) is 16.4. The lowest BCUT2D eigenvalue weighted by Gasteiger charge is -2.05. The summed E-state index contributed by atoms with van der Waals surface area (Å²) in [5.74, 6) is 0.610. The van der Waals surface area contributed by atoms with Gasteiger partial charge in [0.1, 0.15) is 17.3 Å². The maximum Gasteiger partial charge on any atom is 0.271 e. The third kappa shape index (κ3) is 4.74. The number of benzene rings is 2. The number of amides is 1. The Kier molecular flexibility index (Phi) is 6.16. The van der Waals surface area contributed by atoms with E-state index in [1.54, 1.807) is 12.1 Å². The first-order valence-electron chi connectivity index (χ1n) is 8.10. The summed E-state index contributed by atoms with van der Waals surface area (Å²) in [7, 11) is 1.45. The van der Waals surface area contributed by atoms with Gasteiger partial charge in [0.15, 0.2) is 0 Å². The van der Waals surface area contributed by atoms with Crippen molar-refractivity contribution in [1.82, 2.24) is 5.43 Å². The molecule has 10 heteroatoms. The smallest absolute Gasteiger partial charge is 0.271 e. The number of carbonyl (C=O) groups excluding carboxylic acids is 1. The molecule has 0 radical (unpaired) electrons. The predicted molar refractivity (Wildman–Crippen MR) is 109 cm³/mol. The SMILES string of the molecule is COc1ccc([N+](=O)[O-])cc1-c1ccc(/C=N\NC(=O)c2ccc(Cl)c(Cl)c2)o1. The predicted octanol–water partition coefficient (Wildman–Crippen LogP) is 4.93. The number of hydrogen-bond acceptors (Lipinski definition) is 6. The van der Waals surface area contributed by atoms with Crippen molar-refractivity contribution in [2.75, 3.05) is 7.11 Å². The topological polar surface area (TPSA) is 107 Å². The summed E-state index contributed by atoms with van der Waals surface area (Å²) in [6, 6.07) is 11.8. The van der Waals surface area contributed by atoms with Crippen molar-refractivity contribution in [3.8, 4) is 17.1 Å². The fourth-order valence-electron chi connectivity index (χ4n) is 2.43. The number of nitrogens with one attached hydrogen (secondary N) is 1. The summed E-state index contributed by atoms with van der Waals surface area (Å²) in [5.41, 5.74) is 2.96. The molecule has 0 bridgehead atoms. The highest BCUT2D eigenvalue weighted by Crippen LogP contribution is 2.34. The van der Waals surface area contributed by atoms with Gasteiger partial charge in [0, 0.05) is 17.7 Å². The molecule has 0 saturated heterocycles. The van der Waals surface area contributed by atoms with E-state index in [1.165, 1.54) is 49.7 Å². The van der Waals surface area contributed by atoms with E-state index >= 15 is 0 Å². The number of hydrogen-bond donors (Lipinski definition) is 1. The average molecular weight is 434 g/mol. The molecule has 0 aliphatic rings. The number of non-ortho nitro benzene ring substituents is 1. The molecule has 3 rings (SSSR count). The standard InChI is InChI=1S/C19H13Cl2N3O5/c1-28-17-6-3-12(24(26)27)9-14(17)18-7-4-13(29-18)10-22-23-19(25)11-2-5-15(20)16(21)8-11/h2-10H,1H3,(H,23,25)/b22-10-. The normalized spacial score (nSPS) is 10.9. The molecule has 0 fully saturated rings. The van der Waals surface area contributed by atoms with Gasteiger partial charge in [-0.2, -0.15) is 5.10 Å². The van der Waals surface area contributed by atoms with Crippen molar-refractivity contribution in [2.45, 2.75) is 0 Å². The third-order valence-corrected chi connectivity index (χ3v) is 4.56. The van der Waals surface area contributed by atoms with Gasteiger partial charge in [-0.3, -0.25) is 14.9 Å². The van der Waals surface area contributed by atoms with Gasteiger partial charge < -0.3 is 9.15 Å². The van der Waals surface area contributed by atoms with Crippen LogP contribution in [0.3, 0.4) is 0 Å².